The summed E-state index contributed by atoms with van der Waals surface area (Å²) >= 11 is 6.29. The van der Waals surface area contributed by atoms with Crippen LogP contribution in [0.25, 0.3) is 10.8 Å². The SMILES string of the molecule is Cc1c2c(c(O)c3c(O)ccc(Cl)c13)C(=O)C1(O)C(=O)C(C(=O)O)C(=O)C(N(C)C)C1C2. The summed E-state index contributed by atoms with van der Waals surface area (Å²) < 4.78 is 0. The van der Waals surface area contributed by atoms with E-state index in [1.165, 1.54) is 31.1 Å². The van der Waals surface area contributed by atoms with Gasteiger partial charge in [-0.25, -0.2) is 0 Å². The summed E-state index contributed by atoms with van der Waals surface area (Å²) in [6, 6.07) is 1.41. The number of nitrogens with zero attached hydrogens (tertiary/aromatic N) is 1. The first-order valence-electron chi connectivity index (χ1n) is 9.75. The highest BCUT2D eigenvalue weighted by Crippen LogP contribution is 2.50. The second kappa shape index (κ2) is 6.99. The molecule has 0 aromatic heterocycles. The third-order valence-corrected chi connectivity index (χ3v) is 6.98. The fraction of sp³-hybridized carbons (Fsp3) is 0.364. The highest BCUT2D eigenvalue weighted by molar-refractivity contribution is 6.37. The first-order valence-corrected chi connectivity index (χ1v) is 10.1. The monoisotopic (exact) mass is 461 g/mol. The van der Waals surface area contributed by atoms with Crippen molar-refractivity contribution in [1.29, 1.82) is 0 Å². The van der Waals surface area contributed by atoms with Crippen LogP contribution >= 0.6 is 11.6 Å². The average molecular weight is 462 g/mol. The number of carboxylic acid groups (broad SMARTS) is 1. The second-order valence-electron chi connectivity index (χ2n) is 8.50. The molecular formula is C22H20ClNO8. The lowest BCUT2D eigenvalue weighted by molar-refractivity contribution is -0.168. The number of rotatable bonds is 2. The van der Waals surface area contributed by atoms with E-state index < -0.39 is 58.1 Å². The Kier molecular flexibility index (Phi) is 4.85. The number of phenolic OH excluding ortho intramolecular Hbond substituents is 2. The number of likely N-dealkylation sites (N-methyl/N-ethyl adjacent to an activating group) is 1. The number of Topliss-reactive ketones (excluding diaryl/α,β-unsaturated/α-hetero) is 3. The van der Waals surface area contributed by atoms with Gasteiger partial charge >= 0.3 is 5.97 Å². The largest absolute Gasteiger partial charge is 0.507 e. The van der Waals surface area contributed by atoms with Gasteiger partial charge in [-0.3, -0.25) is 24.1 Å². The summed E-state index contributed by atoms with van der Waals surface area (Å²) in [4.78, 5) is 52.6. The molecule has 4 unspecified atom stereocenters. The molecule has 1 fully saturated rings. The van der Waals surface area contributed by atoms with Crippen molar-refractivity contribution in [3.05, 3.63) is 33.8 Å². The Balaban J connectivity index is 2.09. The predicted octanol–water partition coefficient (Wildman–Crippen LogP) is 1.08. The molecule has 2 aliphatic rings. The quantitative estimate of drug-likeness (QED) is 0.481. The maximum atomic E-state index is 13.6. The van der Waals surface area contributed by atoms with Gasteiger partial charge in [0.2, 0.25) is 5.78 Å². The van der Waals surface area contributed by atoms with Gasteiger partial charge in [-0.15, -0.1) is 0 Å². The fourth-order valence-electron chi connectivity index (χ4n) is 5.21. The van der Waals surface area contributed by atoms with Gasteiger partial charge in [0.25, 0.3) is 0 Å². The highest BCUT2D eigenvalue weighted by Gasteiger charge is 2.66. The number of hydrogen-bond donors (Lipinski definition) is 4. The van der Waals surface area contributed by atoms with Crippen LogP contribution in [-0.4, -0.2) is 74.4 Å². The Labute approximate surface area is 186 Å². The Morgan fingerprint density at radius 3 is 2.34 bits per heavy atom. The molecule has 0 spiro atoms. The van der Waals surface area contributed by atoms with Gasteiger partial charge in [0.05, 0.1) is 17.0 Å². The van der Waals surface area contributed by atoms with Gasteiger partial charge in [-0.1, -0.05) is 11.6 Å². The predicted molar refractivity (Wildman–Crippen MR) is 112 cm³/mol. The van der Waals surface area contributed by atoms with E-state index in [2.05, 4.69) is 0 Å². The van der Waals surface area contributed by atoms with Crippen LogP contribution in [0.3, 0.4) is 0 Å². The summed E-state index contributed by atoms with van der Waals surface area (Å²) in [7, 11) is 2.97. The number of hydrogen-bond acceptors (Lipinski definition) is 8. The molecular weight excluding hydrogens is 442 g/mol. The van der Waals surface area contributed by atoms with Crippen LogP contribution in [-0.2, 0) is 20.8 Å². The van der Waals surface area contributed by atoms with Crippen LogP contribution in [0.2, 0.25) is 5.02 Å². The number of fused-ring (bicyclic) bond motifs is 3. The zero-order chi connectivity index (χ0) is 23.9. The molecule has 168 valence electrons. The van der Waals surface area contributed by atoms with Gasteiger partial charge < -0.3 is 20.4 Å². The van der Waals surface area contributed by atoms with Crippen molar-refractivity contribution < 1.29 is 39.6 Å². The van der Waals surface area contributed by atoms with Crippen LogP contribution < -0.4 is 0 Å². The second-order valence-corrected chi connectivity index (χ2v) is 8.90. The van der Waals surface area contributed by atoms with E-state index in [-0.39, 0.29) is 28.1 Å². The molecule has 4 rings (SSSR count). The molecule has 4 N–H and O–H groups in total. The number of phenols is 2. The minimum atomic E-state index is -2.84. The highest BCUT2D eigenvalue weighted by atomic mass is 35.5. The van der Waals surface area contributed by atoms with Crippen molar-refractivity contribution in [2.24, 2.45) is 11.8 Å². The van der Waals surface area contributed by atoms with Gasteiger partial charge in [0.15, 0.2) is 23.1 Å². The van der Waals surface area contributed by atoms with E-state index in [1.807, 2.05) is 0 Å². The Hall–Kier alpha value is -3.01. The summed E-state index contributed by atoms with van der Waals surface area (Å²) in [6.07, 6.45) is -0.175. The lowest BCUT2D eigenvalue weighted by atomic mass is 9.58. The van der Waals surface area contributed by atoms with Crippen molar-refractivity contribution in [3.8, 4) is 11.5 Å². The van der Waals surface area contributed by atoms with Crippen LogP contribution in [0, 0.1) is 18.8 Å². The smallest absolute Gasteiger partial charge is 0.321 e. The minimum absolute atomic E-state index is 0.123. The molecule has 1 saturated carbocycles. The van der Waals surface area contributed by atoms with E-state index in [0.717, 1.165) is 0 Å². The summed E-state index contributed by atoms with van der Waals surface area (Å²) in [5, 5.41) is 42.5. The first kappa shape index (κ1) is 22.2. The molecule has 2 aromatic carbocycles. The van der Waals surface area contributed by atoms with E-state index in [9.17, 15) is 39.6 Å². The van der Waals surface area contributed by atoms with E-state index in [1.54, 1.807) is 6.92 Å². The zero-order valence-corrected chi connectivity index (χ0v) is 18.1. The third kappa shape index (κ3) is 2.58. The average Bonchev–Trinajstić information content (AvgIpc) is 2.69. The molecule has 10 heteroatoms. The Bertz CT molecular complexity index is 1250. The van der Waals surface area contributed by atoms with Crippen LogP contribution in [0.1, 0.15) is 21.5 Å². The molecule has 0 aliphatic heterocycles. The number of carbonyl (C=O) groups is 4. The van der Waals surface area contributed by atoms with Gasteiger partial charge in [-0.05, 0) is 50.7 Å². The van der Waals surface area contributed by atoms with E-state index >= 15 is 0 Å². The van der Waals surface area contributed by atoms with Crippen molar-refractivity contribution in [2.45, 2.75) is 25.0 Å². The van der Waals surface area contributed by atoms with Crippen molar-refractivity contribution in [2.75, 3.05) is 14.1 Å². The maximum absolute atomic E-state index is 13.6. The molecule has 0 bridgehead atoms. The van der Waals surface area contributed by atoms with Crippen LogP contribution in [0.15, 0.2) is 12.1 Å². The lowest BCUT2D eigenvalue weighted by Gasteiger charge is -2.48. The molecule has 0 saturated heterocycles. The molecule has 0 amide bonds. The molecule has 32 heavy (non-hydrogen) atoms. The number of carbonyl (C=O) groups excluding carboxylic acids is 3. The molecule has 4 atom stereocenters. The number of aliphatic hydroxyl groups is 1. The van der Waals surface area contributed by atoms with Crippen LogP contribution in [0.4, 0.5) is 0 Å². The molecule has 9 nitrogen and oxygen atoms in total. The van der Waals surface area contributed by atoms with E-state index in [4.69, 9.17) is 11.6 Å². The van der Waals surface area contributed by atoms with Crippen molar-refractivity contribution in [1.82, 2.24) is 4.90 Å². The van der Waals surface area contributed by atoms with Crippen molar-refractivity contribution in [3.63, 3.8) is 0 Å². The first-order chi connectivity index (χ1) is 14.8. The maximum Gasteiger partial charge on any atom is 0.321 e. The number of aliphatic carboxylic acids is 1. The molecule has 2 aliphatic carbocycles. The van der Waals surface area contributed by atoms with Gasteiger partial charge in [0, 0.05) is 16.3 Å². The van der Waals surface area contributed by atoms with Crippen molar-refractivity contribution >= 4 is 45.7 Å². The lowest BCUT2D eigenvalue weighted by Crippen LogP contribution is -2.71. The normalized spacial score (nSPS) is 27.6. The summed E-state index contributed by atoms with van der Waals surface area (Å²) in [6.45, 7) is 1.61. The molecule has 0 radical (unpaired) electrons. The number of halogens is 1. The fourth-order valence-corrected chi connectivity index (χ4v) is 5.51. The minimum Gasteiger partial charge on any atom is -0.507 e. The number of ketones is 3. The number of aromatic hydroxyl groups is 2. The molecule has 2 aromatic rings. The number of aryl methyl sites for hydroxylation is 1. The summed E-state index contributed by atoms with van der Waals surface area (Å²) in [5.74, 6) is -9.86. The number of benzene rings is 2. The third-order valence-electron chi connectivity index (χ3n) is 6.67. The van der Waals surface area contributed by atoms with Crippen LogP contribution in [0.5, 0.6) is 11.5 Å². The topological polar surface area (TPSA) is 152 Å². The van der Waals surface area contributed by atoms with Gasteiger partial charge in [0.1, 0.15) is 11.5 Å². The Morgan fingerprint density at radius 1 is 1.16 bits per heavy atom. The van der Waals surface area contributed by atoms with E-state index in [0.29, 0.717) is 10.9 Å². The number of carboxylic acids is 1. The summed E-state index contributed by atoms with van der Waals surface area (Å²) in [5.41, 5.74) is -2.54. The zero-order valence-electron chi connectivity index (χ0n) is 17.3. The van der Waals surface area contributed by atoms with Gasteiger partial charge in [-0.2, -0.15) is 0 Å². The standard InChI is InChI=1S/C22H20ClNO8/c1-7-8-6-9-16(24(2)3)18(27)15(21(30)31)20(29)22(9,32)19(28)13(8)17(26)14-11(25)5-4-10(23)12(7)14/h4-5,9,15-16,25-26,32H,6H2,1-3H3,(H,30,31). The Morgan fingerprint density at radius 2 is 1.78 bits per heavy atom. The molecule has 0 heterocycles.